The highest BCUT2D eigenvalue weighted by atomic mass is 19.4. The first-order valence-electron chi connectivity index (χ1n) is 9.80. The van der Waals surface area contributed by atoms with Gasteiger partial charge in [-0.3, -0.25) is 0 Å². The first-order valence-corrected chi connectivity index (χ1v) is 9.80. The van der Waals surface area contributed by atoms with Crippen LogP contribution in [0.5, 0.6) is 17.4 Å². The quantitative estimate of drug-likeness (QED) is 0.524. The number of aryl methyl sites for hydroxylation is 1. The van der Waals surface area contributed by atoms with Gasteiger partial charge < -0.3 is 23.8 Å². The fraction of sp³-hybridized carbons (Fsp3) is 0.318. The molecule has 3 aromatic rings. The van der Waals surface area contributed by atoms with E-state index in [1.807, 2.05) is 0 Å². The van der Waals surface area contributed by atoms with Crippen LogP contribution >= 0.6 is 0 Å². The van der Waals surface area contributed by atoms with Crippen molar-refractivity contribution in [3.05, 3.63) is 41.7 Å². The second-order valence-corrected chi connectivity index (χ2v) is 7.24. The molecule has 0 bridgehead atoms. The molecule has 1 aromatic carbocycles. The van der Waals surface area contributed by atoms with Gasteiger partial charge in [-0.15, -0.1) is 0 Å². The fourth-order valence-electron chi connectivity index (χ4n) is 3.87. The highest BCUT2D eigenvalue weighted by molar-refractivity contribution is 6.01. The number of hydrogen-bond acceptors (Lipinski definition) is 8. The molecular formula is C22H20F3N3O5. The average Bonchev–Trinajstić information content (AvgIpc) is 3.18. The molecule has 4 rings (SSSR count). The molecule has 0 amide bonds. The van der Waals surface area contributed by atoms with Gasteiger partial charge in [0.1, 0.15) is 17.0 Å². The Morgan fingerprint density at radius 1 is 1.12 bits per heavy atom. The van der Waals surface area contributed by atoms with Crippen molar-refractivity contribution < 1.29 is 36.9 Å². The lowest BCUT2D eigenvalue weighted by Gasteiger charge is -2.28. The Morgan fingerprint density at radius 3 is 2.45 bits per heavy atom. The predicted molar refractivity (Wildman–Crippen MR) is 112 cm³/mol. The first-order chi connectivity index (χ1) is 15.7. The van der Waals surface area contributed by atoms with Gasteiger partial charge >= 0.3 is 12.1 Å². The van der Waals surface area contributed by atoms with Gasteiger partial charge in [-0.25, -0.2) is 14.8 Å². The molecule has 0 saturated carbocycles. The molecule has 0 saturated heterocycles. The second kappa shape index (κ2) is 8.30. The number of carbonyl (C=O) groups is 1. The molecule has 0 N–H and O–H groups in total. The van der Waals surface area contributed by atoms with Crippen molar-refractivity contribution in [2.45, 2.75) is 25.7 Å². The van der Waals surface area contributed by atoms with Crippen LogP contribution in [0.3, 0.4) is 0 Å². The summed E-state index contributed by atoms with van der Waals surface area (Å²) in [4.78, 5) is 22.0. The van der Waals surface area contributed by atoms with E-state index in [1.54, 1.807) is 31.2 Å². The van der Waals surface area contributed by atoms with Crippen LogP contribution in [0.15, 0.2) is 30.5 Å². The van der Waals surface area contributed by atoms with Gasteiger partial charge in [0.25, 0.3) is 0 Å². The van der Waals surface area contributed by atoms with E-state index < -0.39 is 18.4 Å². The Bertz CT molecular complexity index is 1210. The fourth-order valence-corrected chi connectivity index (χ4v) is 3.87. The Kier molecular flexibility index (Phi) is 5.64. The largest absolute Gasteiger partial charge is 0.497 e. The number of hydrogen-bond donors (Lipinski definition) is 0. The number of ether oxygens (including phenoxy) is 4. The lowest BCUT2D eigenvalue weighted by molar-refractivity contribution is -0.204. The zero-order valence-electron chi connectivity index (χ0n) is 18.2. The summed E-state index contributed by atoms with van der Waals surface area (Å²) >= 11 is 0. The van der Waals surface area contributed by atoms with Crippen LogP contribution in [0.2, 0.25) is 0 Å². The minimum absolute atomic E-state index is 0.00250. The molecule has 0 spiro atoms. The maximum atomic E-state index is 13.0. The van der Waals surface area contributed by atoms with Crippen molar-refractivity contribution in [2.24, 2.45) is 0 Å². The summed E-state index contributed by atoms with van der Waals surface area (Å²) < 4.78 is 59.9. The Hall–Kier alpha value is -3.76. The van der Waals surface area contributed by atoms with E-state index in [9.17, 15) is 18.0 Å². The molecule has 1 aliphatic rings. The number of rotatable bonds is 5. The number of carbonyl (C=O) groups excluding carboxylic acids is 1. The Labute approximate surface area is 186 Å². The predicted octanol–water partition coefficient (Wildman–Crippen LogP) is 4.09. The average molecular weight is 463 g/mol. The van der Waals surface area contributed by atoms with Crippen LogP contribution in [0.25, 0.3) is 10.9 Å². The number of halogens is 3. The monoisotopic (exact) mass is 463 g/mol. The van der Waals surface area contributed by atoms with E-state index in [0.717, 1.165) is 0 Å². The summed E-state index contributed by atoms with van der Waals surface area (Å²) in [6.07, 6.45) is -4.98. The van der Waals surface area contributed by atoms with Crippen LogP contribution in [-0.4, -0.2) is 49.7 Å². The molecule has 1 atom stereocenters. The number of anilines is 2. The zero-order chi connectivity index (χ0) is 23.9. The van der Waals surface area contributed by atoms with Gasteiger partial charge in [0.2, 0.25) is 5.88 Å². The molecular weight excluding hydrogens is 443 g/mol. The van der Waals surface area contributed by atoms with Crippen molar-refractivity contribution >= 4 is 28.2 Å². The first kappa shape index (κ1) is 22.4. The van der Waals surface area contributed by atoms with Gasteiger partial charge in [0, 0.05) is 35.2 Å². The van der Waals surface area contributed by atoms with Crippen LogP contribution in [-0.2, 0) is 16.0 Å². The molecule has 3 heterocycles. The third-order valence-electron chi connectivity index (χ3n) is 5.35. The molecule has 174 valence electrons. The van der Waals surface area contributed by atoms with Crippen molar-refractivity contribution in [1.29, 1.82) is 0 Å². The normalized spacial score (nSPS) is 15.4. The number of pyridine rings is 2. The van der Waals surface area contributed by atoms with E-state index in [2.05, 4.69) is 9.97 Å². The Balaban J connectivity index is 1.96. The standard InChI is InChI=1S/C22H20F3N3O5/c1-11-14-9-18(33-21(29)22(23,24)25)28(12-5-6-17(32-4)26-10-12)20(14)15-7-13(30-2)8-16(31-3)19(15)27-11/h5-8,10,18H,9H2,1-4H3. The summed E-state index contributed by atoms with van der Waals surface area (Å²) in [6.45, 7) is 1.74. The van der Waals surface area contributed by atoms with Crippen molar-refractivity contribution in [3.8, 4) is 17.4 Å². The third kappa shape index (κ3) is 3.94. The topological polar surface area (TPSA) is 83.0 Å². The van der Waals surface area contributed by atoms with Gasteiger partial charge in [-0.2, -0.15) is 13.2 Å². The minimum atomic E-state index is -5.14. The summed E-state index contributed by atoms with van der Waals surface area (Å²) in [5.74, 6) is -1.06. The molecule has 0 aliphatic carbocycles. The number of benzene rings is 1. The summed E-state index contributed by atoms with van der Waals surface area (Å²) in [5, 5.41) is 0.563. The number of fused-ring (bicyclic) bond motifs is 3. The smallest absolute Gasteiger partial charge is 0.491 e. The van der Waals surface area contributed by atoms with E-state index in [1.165, 1.54) is 32.4 Å². The van der Waals surface area contributed by atoms with Gasteiger partial charge in [0.15, 0.2) is 6.23 Å². The molecule has 1 aliphatic heterocycles. The molecule has 0 radical (unpaired) electrons. The molecule has 11 heteroatoms. The van der Waals surface area contributed by atoms with Crippen LogP contribution < -0.4 is 19.1 Å². The van der Waals surface area contributed by atoms with Crippen LogP contribution in [0.1, 0.15) is 11.3 Å². The molecule has 8 nitrogen and oxygen atoms in total. The Morgan fingerprint density at radius 2 is 1.88 bits per heavy atom. The van der Waals surface area contributed by atoms with Crippen molar-refractivity contribution in [1.82, 2.24) is 9.97 Å². The maximum absolute atomic E-state index is 13.0. The minimum Gasteiger partial charge on any atom is -0.497 e. The van der Waals surface area contributed by atoms with E-state index in [-0.39, 0.29) is 6.42 Å². The van der Waals surface area contributed by atoms with Crippen molar-refractivity contribution in [2.75, 3.05) is 26.2 Å². The van der Waals surface area contributed by atoms with Crippen molar-refractivity contribution in [3.63, 3.8) is 0 Å². The van der Waals surface area contributed by atoms with Gasteiger partial charge in [-0.1, -0.05) is 0 Å². The zero-order valence-corrected chi connectivity index (χ0v) is 18.2. The number of aromatic nitrogens is 2. The summed E-state index contributed by atoms with van der Waals surface area (Å²) in [7, 11) is 4.42. The van der Waals surface area contributed by atoms with Crippen LogP contribution in [0.4, 0.5) is 24.5 Å². The summed E-state index contributed by atoms with van der Waals surface area (Å²) in [5.41, 5.74) is 2.63. The van der Waals surface area contributed by atoms with E-state index >= 15 is 0 Å². The lowest BCUT2D eigenvalue weighted by Crippen LogP contribution is -2.37. The number of alkyl halides is 3. The lowest BCUT2D eigenvalue weighted by atomic mass is 10.1. The van der Waals surface area contributed by atoms with Gasteiger partial charge in [-0.05, 0) is 19.1 Å². The number of nitrogens with zero attached hydrogens (tertiary/aromatic N) is 3. The molecule has 2 aromatic heterocycles. The number of methoxy groups -OCH3 is 3. The summed E-state index contributed by atoms with van der Waals surface area (Å²) in [6, 6.07) is 6.55. The highest BCUT2D eigenvalue weighted by Crippen LogP contribution is 2.47. The third-order valence-corrected chi connectivity index (χ3v) is 5.35. The molecule has 1 unspecified atom stereocenters. The molecule has 33 heavy (non-hydrogen) atoms. The molecule has 0 fully saturated rings. The number of esters is 1. The highest BCUT2D eigenvalue weighted by Gasteiger charge is 2.45. The SMILES string of the molecule is COc1cc(OC)c2nc(C)c3c(c2c1)N(c1ccc(OC)nc1)C(OC(=O)C(F)(F)F)C3. The second-order valence-electron chi connectivity index (χ2n) is 7.24. The van der Waals surface area contributed by atoms with Crippen LogP contribution in [0, 0.1) is 6.92 Å². The van der Waals surface area contributed by atoms with E-state index in [0.29, 0.717) is 50.9 Å². The maximum Gasteiger partial charge on any atom is 0.491 e. The van der Waals surface area contributed by atoms with Gasteiger partial charge in [0.05, 0.1) is 38.9 Å². The van der Waals surface area contributed by atoms with E-state index in [4.69, 9.17) is 18.9 Å².